The summed E-state index contributed by atoms with van der Waals surface area (Å²) < 4.78 is 0. The van der Waals surface area contributed by atoms with Gasteiger partial charge in [-0.05, 0) is 94.9 Å². The third-order valence-electron chi connectivity index (χ3n) is 10.8. The van der Waals surface area contributed by atoms with E-state index in [1.54, 1.807) is 27.4 Å². The Kier molecular flexibility index (Phi) is 13.5. The molecule has 0 spiro atoms. The topological polar surface area (TPSA) is 138 Å². The van der Waals surface area contributed by atoms with Crippen LogP contribution < -0.4 is 16.9 Å². The predicted octanol–water partition coefficient (Wildman–Crippen LogP) is 6.59. The van der Waals surface area contributed by atoms with Crippen LogP contribution in [0.15, 0.2) is 35.6 Å². The zero-order chi connectivity index (χ0) is 35.2. The van der Waals surface area contributed by atoms with Gasteiger partial charge in [-0.3, -0.25) is 4.79 Å². The second-order valence-corrected chi connectivity index (χ2v) is 15.3. The molecule has 2 bridgehead atoms. The lowest BCUT2D eigenvalue weighted by atomic mass is 9.65. The molecule has 1 aromatic carbocycles. The van der Waals surface area contributed by atoms with Crippen molar-refractivity contribution in [2.45, 2.75) is 117 Å². The first kappa shape index (κ1) is 38.3. The quantitative estimate of drug-likeness (QED) is 0.124. The first-order chi connectivity index (χ1) is 23.0. The first-order valence-corrected chi connectivity index (χ1v) is 19.1. The molecule has 9 nitrogen and oxygen atoms in total. The van der Waals surface area contributed by atoms with Crippen molar-refractivity contribution in [1.82, 2.24) is 20.2 Å². The van der Waals surface area contributed by atoms with Gasteiger partial charge in [0, 0.05) is 47.3 Å². The molecule has 6 rings (SSSR count). The number of nitrogens with zero attached hydrogens (tertiary/aromatic N) is 3. The van der Waals surface area contributed by atoms with E-state index in [1.165, 1.54) is 11.3 Å². The molecule has 266 valence electrons. The van der Waals surface area contributed by atoms with Crippen LogP contribution in [0.3, 0.4) is 0 Å². The number of hydrazine groups is 1. The van der Waals surface area contributed by atoms with Crippen molar-refractivity contribution in [3.8, 4) is 10.4 Å². The lowest BCUT2D eigenvalue weighted by Crippen LogP contribution is -2.59. The van der Waals surface area contributed by atoms with Gasteiger partial charge in [-0.1, -0.05) is 50.9 Å². The zero-order valence-corrected chi connectivity index (χ0v) is 31.2. The Hall–Kier alpha value is -2.50. The van der Waals surface area contributed by atoms with Crippen LogP contribution in [0.25, 0.3) is 10.4 Å². The van der Waals surface area contributed by atoms with Gasteiger partial charge < -0.3 is 30.9 Å². The zero-order valence-electron chi connectivity index (χ0n) is 29.6. The maximum Gasteiger partial charge on any atom is 0.248 e. The van der Waals surface area contributed by atoms with Crippen molar-refractivity contribution in [1.29, 1.82) is 0 Å². The van der Waals surface area contributed by atoms with Crippen molar-refractivity contribution < 1.29 is 14.7 Å². The van der Waals surface area contributed by atoms with Gasteiger partial charge in [0.05, 0.1) is 28.2 Å². The maximum absolute atomic E-state index is 13.8. The minimum absolute atomic E-state index is 0.126. The number of aldehydes is 1. The number of fused-ring (bicyclic) bond motifs is 2. The average molecular weight is 701 g/mol. The highest BCUT2D eigenvalue weighted by molar-refractivity contribution is 7.13. The Morgan fingerprint density at radius 3 is 2.58 bits per heavy atom. The van der Waals surface area contributed by atoms with Gasteiger partial charge in [-0.25, -0.2) is 10.8 Å². The van der Waals surface area contributed by atoms with Crippen molar-refractivity contribution in [3.63, 3.8) is 0 Å². The minimum atomic E-state index is -0.656. The highest BCUT2D eigenvalue weighted by atomic mass is 35.5. The van der Waals surface area contributed by atoms with E-state index in [4.69, 9.17) is 23.2 Å². The number of nitrogens with one attached hydrogen (secondary N) is 1. The molecular weight excluding hydrogens is 644 g/mol. The highest BCUT2D eigenvalue weighted by Gasteiger charge is 2.55. The molecule has 11 heteroatoms. The van der Waals surface area contributed by atoms with Gasteiger partial charge in [0.2, 0.25) is 5.91 Å². The first-order valence-electron chi connectivity index (χ1n) is 17.8. The molecule has 48 heavy (non-hydrogen) atoms. The summed E-state index contributed by atoms with van der Waals surface area (Å²) in [6.45, 7) is 10.5. The summed E-state index contributed by atoms with van der Waals surface area (Å²) in [5.74, 6) is 8.05. The summed E-state index contributed by atoms with van der Waals surface area (Å²) in [7, 11) is 1.93. The number of halogens is 1. The van der Waals surface area contributed by atoms with Crippen molar-refractivity contribution in [3.05, 3.63) is 51.9 Å². The van der Waals surface area contributed by atoms with Gasteiger partial charge in [-0.2, -0.15) is 0 Å². The summed E-state index contributed by atoms with van der Waals surface area (Å²) in [5, 5.41) is 15.6. The Morgan fingerprint density at radius 1 is 1.27 bits per heavy atom. The van der Waals surface area contributed by atoms with Crippen LogP contribution in [0.1, 0.15) is 103 Å². The lowest BCUT2D eigenvalue weighted by Gasteiger charge is -2.46. The number of β-amino-alcohol motifs (C(OH)–C–C–N with tert-alkyl or cyclic N) is 1. The predicted molar refractivity (Wildman–Crippen MR) is 196 cm³/mol. The largest absolute Gasteiger partial charge is 0.401 e. The average Bonchev–Trinajstić information content (AvgIpc) is 3.64. The number of likely N-dealkylation sites (tertiary alicyclic amines) is 1. The number of carbonyl (C=O) groups excluding carboxylic acids is 2. The molecule has 1 aliphatic heterocycles. The van der Waals surface area contributed by atoms with Crippen molar-refractivity contribution in [2.24, 2.45) is 34.7 Å². The van der Waals surface area contributed by atoms with E-state index >= 15 is 0 Å². The normalized spacial score (nSPS) is 27.7. The van der Waals surface area contributed by atoms with E-state index in [0.717, 1.165) is 78.8 Å². The van der Waals surface area contributed by atoms with Crippen LogP contribution >= 0.6 is 22.9 Å². The summed E-state index contributed by atoms with van der Waals surface area (Å²) in [6.07, 6.45) is 10.8. The molecule has 6 N–H and O–H groups in total. The van der Waals surface area contributed by atoms with Crippen LogP contribution in [0.5, 0.6) is 0 Å². The van der Waals surface area contributed by atoms with E-state index in [0.29, 0.717) is 24.2 Å². The number of aromatic nitrogens is 1. The maximum atomic E-state index is 13.8. The fourth-order valence-electron chi connectivity index (χ4n) is 8.07. The third kappa shape index (κ3) is 8.62. The van der Waals surface area contributed by atoms with E-state index in [1.807, 2.05) is 39.4 Å². The Bertz CT molecular complexity index is 1420. The molecule has 3 aliphatic carbocycles. The second-order valence-electron chi connectivity index (χ2n) is 14.0. The number of thiazole rings is 1. The molecule has 3 saturated carbocycles. The number of aryl methyl sites for hydroxylation is 1. The number of rotatable bonds is 10. The van der Waals surface area contributed by atoms with Crippen LogP contribution in [0, 0.1) is 30.1 Å². The molecule has 2 aromatic rings. The lowest BCUT2D eigenvalue weighted by molar-refractivity contribution is -0.145. The van der Waals surface area contributed by atoms with Crippen LogP contribution in [-0.4, -0.2) is 64.0 Å². The summed E-state index contributed by atoms with van der Waals surface area (Å²) >= 11 is 7.96. The third-order valence-corrected chi connectivity index (χ3v) is 12.1. The molecule has 2 heterocycles. The highest BCUT2D eigenvalue weighted by Crippen LogP contribution is 2.57. The van der Waals surface area contributed by atoms with E-state index in [2.05, 4.69) is 36.3 Å². The summed E-state index contributed by atoms with van der Waals surface area (Å²) in [6, 6.07) is 5.36. The van der Waals surface area contributed by atoms with E-state index in [-0.39, 0.29) is 23.9 Å². The SMILES string of the molecule is CC.CCC1CC2CC[C@@](C(C(=O)N3C[C@H](O)C[C@H]3C=O)N(N)/C=C(\N)C3CC3)(C1)C2.CNC(C)c1ccc(-c2scnc2C)cc1Cl. The standard InChI is InChI=1S/C22H36N4O3.C13H15ClN2S.C2H6/c1-2-14-7-15-5-6-22(9-14,10-15)20(26(24)12-19(23)16-3-4-16)21(29)25-11-18(28)8-17(25)13-27;1-8(15-3)11-5-4-10(6-12(11)14)13-9(2)16-7-17-13;1-2/h12-18,20,28H,2-11,23-24H2,1H3;4-8,15H,1-3H3;1-2H3/b19-12-;;/t14?,15?,17-,18+,20?,22+;;/m0../s1. The number of benzene rings is 1. The number of allylic oxidation sites excluding steroid dienone is 1. The molecule has 4 unspecified atom stereocenters. The molecule has 1 saturated heterocycles. The summed E-state index contributed by atoms with van der Waals surface area (Å²) in [4.78, 5) is 32.4. The van der Waals surface area contributed by atoms with Crippen molar-refractivity contribution >= 4 is 35.1 Å². The van der Waals surface area contributed by atoms with Gasteiger partial charge in [-0.15, -0.1) is 11.3 Å². The minimum Gasteiger partial charge on any atom is -0.401 e. The van der Waals surface area contributed by atoms with E-state index < -0.39 is 18.2 Å². The fourth-order valence-corrected chi connectivity index (χ4v) is 9.22. The molecule has 4 fully saturated rings. The van der Waals surface area contributed by atoms with Gasteiger partial charge in [0.15, 0.2) is 0 Å². The Balaban J connectivity index is 0.000000233. The monoisotopic (exact) mass is 700 g/mol. The van der Waals surface area contributed by atoms with Crippen molar-refractivity contribution in [2.75, 3.05) is 13.6 Å². The number of hydrogen-bond donors (Lipinski definition) is 4. The van der Waals surface area contributed by atoms with Gasteiger partial charge in [0.1, 0.15) is 12.3 Å². The molecule has 7 atom stereocenters. The summed E-state index contributed by atoms with van der Waals surface area (Å²) in [5.41, 5.74) is 12.0. The number of aliphatic hydroxyl groups is 1. The Morgan fingerprint density at radius 2 is 2.00 bits per heavy atom. The number of amides is 1. The number of carbonyl (C=O) groups is 2. The van der Waals surface area contributed by atoms with Gasteiger partial charge in [0.25, 0.3) is 0 Å². The van der Waals surface area contributed by atoms with E-state index in [9.17, 15) is 14.7 Å². The smallest absolute Gasteiger partial charge is 0.248 e. The molecular formula is C37H57ClN6O3S. The molecule has 1 amide bonds. The Labute approximate surface area is 296 Å². The number of nitrogens with two attached hydrogens (primary N) is 2. The van der Waals surface area contributed by atoms with Crippen LogP contribution in [0.2, 0.25) is 5.02 Å². The number of hydrogen-bond acceptors (Lipinski definition) is 9. The molecule has 1 aromatic heterocycles. The van der Waals surface area contributed by atoms with Crippen LogP contribution in [-0.2, 0) is 9.59 Å². The number of aliphatic hydroxyl groups excluding tert-OH is 1. The van der Waals surface area contributed by atoms with Crippen LogP contribution in [0.4, 0.5) is 0 Å². The van der Waals surface area contributed by atoms with Gasteiger partial charge >= 0.3 is 0 Å². The molecule has 4 aliphatic rings. The second kappa shape index (κ2) is 16.9. The fraction of sp³-hybridized carbons (Fsp3) is 0.649. The molecule has 0 radical (unpaired) electrons.